The fourth-order valence-electron chi connectivity index (χ4n) is 1.65. The fourth-order valence-corrected chi connectivity index (χ4v) is 7.05. The molecule has 0 spiro atoms. The van der Waals surface area contributed by atoms with Gasteiger partial charge in [-0.15, -0.1) is 0 Å². The van der Waals surface area contributed by atoms with Crippen LogP contribution in [-0.4, -0.2) is 51.4 Å². The van der Waals surface area contributed by atoms with E-state index >= 15 is 0 Å². The van der Waals surface area contributed by atoms with Crippen LogP contribution in [-0.2, 0) is 26.7 Å². The minimum absolute atomic E-state index is 0.303. The van der Waals surface area contributed by atoms with Gasteiger partial charge in [0, 0.05) is 13.2 Å². The first kappa shape index (κ1) is 25.7. The summed E-state index contributed by atoms with van der Waals surface area (Å²) in [5, 5.41) is 0. The van der Waals surface area contributed by atoms with E-state index in [1.165, 1.54) is 0 Å². The maximum atomic E-state index is 12.9. The average Bonchev–Trinajstić information content (AvgIpc) is 2.32. The molecule has 0 aromatic rings. The van der Waals surface area contributed by atoms with Crippen molar-refractivity contribution < 1.29 is 26.7 Å². The highest BCUT2D eigenvalue weighted by molar-refractivity contribution is 7.50. The van der Waals surface area contributed by atoms with Crippen LogP contribution in [0.15, 0.2) is 0 Å². The Morgan fingerprint density at radius 3 is 1.24 bits per heavy atom. The largest absolute Gasteiger partial charge is 0.464 e. The summed E-state index contributed by atoms with van der Waals surface area (Å²) in [6, 6.07) is 0. The molecule has 6 nitrogen and oxygen atoms in total. The van der Waals surface area contributed by atoms with E-state index in [0.717, 1.165) is 0 Å². The van der Waals surface area contributed by atoms with Crippen LogP contribution in [0.1, 0.15) is 12.8 Å². The molecule has 0 rings (SSSR count). The van der Waals surface area contributed by atoms with Gasteiger partial charge in [0.05, 0.1) is 13.2 Å². The predicted molar refractivity (Wildman–Crippen MR) is 112 cm³/mol. The van der Waals surface area contributed by atoms with Crippen LogP contribution in [0.3, 0.4) is 0 Å². The molecule has 0 radical (unpaired) electrons. The summed E-state index contributed by atoms with van der Waals surface area (Å²) < 4.78 is 41.1. The molecule has 0 unspecified atom stereocenters. The molecule has 25 heavy (non-hydrogen) atoms. The van der Waals surface area contributed by atoms with Gasteiger partial charge in [0.1, 0.15) is 0 Å². The normalized spacial score (nSPS) is 14.1. The molecule has 0 aromatic heterocycles. The van der Waals surface area contributed by atoms with Crippen molar-refractivity contribution in [3.63, 3.8) is 0 Å². The zero-order chi connectivity index (χ0) is 19.8. The van der Waals surface area contributed by atoms with Gasteiger partial charge < -0.3 is 13.1 Å². The molecule has 0 heterocycles. The Hall–Kier alpha value is 0.681. The molecule has 0 bridgehead atoms. The molecule has 0 aliphatic heterocycles. The molecule has 0 fully saturated rings. The van der Waals surface area contributed by atoms with Gasteiger partial charge in [-0.2, -0.15) is 0 Å². The number of hydrogen-bond acceptors (Lipinski definition) is 6. The maximum Gasteiger partial charge on any atom is 0.464 e. The lowest BCUT2D eigenvalue weighted by Crippen LogP contribution is -2.27. The van der Waals surface area contributed by atoms with Crippen molar-refractivity contribution in [2.45, 2.75) is 71.8 Å². The topological polar surface area (TPSA) is 63.2 Å². The van der Waals surface area contributed by atoms with Gasteiger partial charge in [-0.05, 0) is 71.8 Å². The van der Waals surface area contributed by atoms with Crippen molar-refractivity contribution in [1.82, 2.24) is 0 Å². The van der Waals surface area contributed by atoms with Crippen LogP contribution in [0.5, 0.6) is 0 Å². The number of phosphoric acid groups is 1. The van der Waals surface area contributed by atoms with Crippen LogP contribution in [0.4, 0.5) is 0 Å². The highest BCUT2D eigenvalue weighted by Gasteiger charge is 2.33. The van der Waals surface area contributed by atoms with Crippen LogP contribution in [0, 0.1) is 0 Å². The first-order valence-electron chi connectivity index (χ1n) is 9.00. The molecule has 0 aliphatic rings. The molecule has 0 aromatic carbocycles. The van der Waals surface area contributed by atoms with Gasteiger partial charge in [0.2, 0.25) is 0 Å². The van der Waals surface area contributed by atoms with Gasteiger partial charge in [-0.1, -0.05) is 0 Å². The second-order valence-electron chi connectivity index (χ2n) is 8.95. The molecular formula is C15H39O6PSi3. The number of rotatable bonds is 14. The van der Waals surface area contributed by atoms with Crippen molar-refractivity contribution in [3.8, 4) is 0 Å². The molecular weight excluding hydrogens is 391 g/mol. The van der Waals surface area contributed by atoms with E-state index in [1.54, 1.807) is 0 Å². The number of hydrogen-bond donors (Lipinski definition) is 0. The van der Waals surface area contributed by atoms with Crippen LogP contribution in [0.25, 0.3) is 0 Å². The molecule has 0 aliphatic carbocycles. The molecule has 0 N–H and O–H groups in total. The van der Waals surface area contributed by atoms with E-state index in [-0.39, 0.29) is 0 Å². The highest BCUT2D eigenvalue weighted by atomic mass is 31.2. The summed E-state index contributed by atoms with van der Waals surface area (Å²) in [5.41, 5.74) is 0. The molecule has 0 saturated carbocycles. The number of phosphoric ester groups is 1. The second-order valence-corrected chi connectivity index (χ2v) is 24.3. The Morgan fingerprint density at radius 2 is 0.960 bits per heavy atom. The zero-order valence-corrected chi connectivity index (χ0v) is 21.5. The third kappa shape index (κ3) is 17.8. The van der Waals surface area contributed by atoms with E-state index in [2.05, 4.69) is 39.3 Å². The summed E-state index contributed by atoms with van der Waals surface area (Å²) in [5.74, 6) is 0. The van der Waals surface area contributed by atoms with Crippen molar-refractivity contribution in [2.75, 3.05) is 26.4 Å². The highest BCUT2D eigenvalue weighted by Crippen LogP contribution is 2.52. The smallest absolute Gasteiger partial charge is 0.418 e. The standard InChI is InChI=1S/C15H39O6PSi3/c1-23(2,3)19-14-10-12-17-22(16,21-25(7,8)9)18-13-11-15-20-24(4,5)6/h10-15H2,1-9H3. The van der Waals surface area contributed by atoms with E-state index in [0.29, 0.717) is 39.3 Å². The molecule has 152 valence electrons. The van der Waals surface area contributed by atoms with Gasteiger partial charge in [-0.3, -0.25) is 9.05 Å². The summed E-state index contributed by atoms with van der Waals surface area (Å²) >= 11 is 0. The summed E-state index contributed by atoms with van der Waals surface area (Å²) in [7, 11) is -8.64. The fraction of sp³-hybridized carbons (Fsp3) is 1.00. The Balaban J connectivity index is 4.32. The van der Waals surface area contributed by atoms with Crippen molar-refractivity contribution in [3.05, 3.63) is 0 Å². The lowest BCUT2D eigenvalue weighted by atomic mass is 10.5. The third-order valence-electron chi connectivity index (χ3n) is 2.53. The molecule has 0 atom stereocenters. The Kier molecular flexibility index (Phi) is 11.2. The average molecular weight is 431 g/mol. The summed E-state index contributed by atoms with van der Waals surface area (Å²) in [6.07, 6.45) is 1.34. The van der Waals surface area contributed by atoms with Gasteiger partial charge in [0.25, 0.3) is 0 Å². The lowest BCUT2D eigenvalue weighted by molar-refractivity contribution is 0.137. The zero-order valence-electron chi connectivity index (χ0n) is 17.6. The third-order valence-corrected chi connectivity index (χ3v) is 8.76. The van der Waals surface area contributed by atoms with Crippen LogP contribution >= 0.6 is 7.82 Å². The van der Waals surface area contributed by atoms with Crippen molar-refractivity contribution in [2.24, 2.45) is 0 Å². The van der Waals surface area contributed by atoms with Gasteiger partial charge in [-0.25, -0.2) is 4.57 Å². The Bertz CT molecular complexity index is 387. The predicted octanol–water partition coefficient (Wildman–Crippen LogP) is 5.46. The molecule has 10 heteroatoms. The maximum absolute atomic E-state index is 12.9. The minimum Gasteiger partial charge on any atom is -0.418 e. The first-order valence-corrected chi connectivity index (χ1v) is 20.7. The second kappa shape index (κ2) is 10.9. The minimum atomic E-state index is -3.53. The summed E-state index contributed by atoms with van der Waals surface area (Å²) in [6.45, 7) is 20.5. The van der Waals surface area contributed by atoms with E-state index in [4.69, 9.17) is 22.1 Å². The summed E-state index contributed by atoms with van der Waals surface area (Å²) in [4.78, 5) is 0. The SMILES string of the molecule is C[Si](C)(C)OCCCOP(=O)(OCCCO[Si](C)(C)C)O[Si](C)(C)C. The van der Waals surface area contributed by atoms with Gasteiger partial charge in [0.15, 0.2) is 25.0 Å². The van der Waals surface area contributed by atoms with E-state index in [1.807, 2.05) is 19.6 Å². The van der Waals surface area contributed by atoms with E-state index < -0.39 is 32.8 Å². The Labute approximate surface area is 157 Å². The first-order chi connectivity index (χ1) is 11.1. The Morgan fingerprint density at radius 1 is 0.600 bits per heavy atom. The quantitative estimate of drug-likeness (QED) is 0.207. The molecule has 0 amide bonds. The van der Waals surface area contributed by atoms with Crippen LogP contribution < -0.4 is 0 Å². The lowest BCUT2D eigenvalue weighted by Gasteiger charge is -2.25. The van der Waals surface area contributed by atoms with E-state index in [9.17, 15) is 4.57 Å². The van der Waals surface area contributed by atoms with Gasteiger partial charge >= 0.3 is 7.82 Å². The van der Waals surface area contributed by atoms with Crippen LogP contribution in [0.2, 0.25) is 58.9 Å². The monoisotopic (exact) mass is 430 g/mol. The molecule has 0 saturated heterocycles. The van der Waals surface area contributed by atoms with Crippen molar-refractivity contribution in [1.29, 1.82) is 0 Å². The van der Waals surface area contributed by atoms with Crippen molar-refractivity contribution >= 4 is 32.8 Å².